The van der Waals surface area contributed by atoms with Gasteiger partial charge in [0, 0.05) is 33.2 Å². The molecule has 282 valence electrons. The zero-order valence-corrected chi connectivity index (χ0v) is 29.9. The van der Waals surface area contributed by atoms with Gasteiger partial charge in [-0.1, -0.05) is 54.6 Å². The molecule has 2 N–H and O–H groups in total. The van der Waals surface area contributed by atoms with Crippen molar-refractivity contribution in [3.05, 3.63) is 89.0 Å². The molecule has 0 bridgehead atoms. The van der Waals surface area contributed by atoms with Gasteiger partial charge in [0.2, 0.25) is 12.4 Å². The SMILES string of the molecule is COC(=O)[C@H]1O[C@@H](Oc2ccc(CO)c(CCCCNC(=O)OCC3c4ccccc4-c4ccccc43)c2)[C@H](OC(C)=O)[C@@H](OC(C)=O)[C@@H]1OC(C)=O. The van der Waals surface area contributed by atoms with Crippen molar-refractivity contribution in [2.24, 2.45) is 0 Å². The maximum atomic E-state index is 12.7. The third kappa shape index (κ3) is 9.50. The van der Waals surface area contributed by atoms with E-state index in [-0.39, 0.29) is 24.9 Å². The van der Waals surface area contributed by atoms with Crippen molar-refractivity contribution in [3.63, 3.8) is 0 Å². The van der Waals surface area contributed by atoms with Crippen LogP contribution in [0.2, 0.25) is 0 Å². The first-order valence-electron chi connectivity index (χ1n) is 17.2. The standard InChI is InChI=1S/C39H43NO13/c1-22(42)49-33-34(50-23(2)43)36(51-24(3)44)38(53-35(33)37(45)47-4)52-27-17-16-26(20-41)25(19-27)11-9-10-18-40-39(46)48-21-32-30-14-7-5-12-28(30)29-13-6-8-15-31(29)32/h5-8,12-17,19,32-36,38,41H,9-11,18,20-21H2,1-4H3,(H,40,46)/t33-,34-,35-,36+,38+/m0/s1. The summed E-state index contributed by atoms with van der Waals surface area (Å²) in [5.74, 6) is -3.19. The summed E-state index contributed by atoms with van der Waals surface area (Å²) in [6, 6.07) is 21.1. The number of fused-ring (bicyclic) bond motifs is 3. The molecule has 0 unspecified atom stereocenters. The van der Waals surface area contributed by atoms with Crippen LogP contribution in [-0.4, -0.2) is 86.0 Å². The van der Waals surface area contributed by atoms with Gasteiger partial charge < -0.3 is 43.6 Å². The lowest BCUT2D eigenvalue weighted by atomic mass is 9.97. The number of benzene rings is 3. The molecule has 14 heteroatoms. The summed E-state index contributed by atoms with van der Waals surface area (Å²) >= 11 is 0. The van der Waals surface area contributed by atoms with Crippen LogP contribution in [0.3, 0.4) is 0 Å². The number of unbranched alkanes of at least 4 members (excludes halogenated alkanes) is 1. The Morgan fingerprint density at radius 2 is 1.36 bits per heavy atom. The summed E-state index contributed by atoms with van der Waals surface area (Å²) in [7, 11) is 1.10. The largest absolute Gasteiger partial charge is 0.467 e. The molecule has 1 heterocycles. The highest BCUT2D eigenvalue weighted by Crippen LogP contribution is 2.44. The number of aliphatic hydroxyl groups excluding tert-OH is 1. The number of esters is 4. The third-order valence-electron chi connectivity index (χ3n) is 8.92. The summed E-state index contributed by atoms with van der Waals surface area (Å²) in [4.78, 5) is 61.6. The fraction of sp³-hybridized carbons (Fsp3) is 0.410. The Hall–Kier alpha value is -5.47. The molecule has 5 rings (SSSR count). The molecular weight excluding hydrogens is 690 g/mol. The molecule has 1 amide bonds. The number of carbonyl (C=O) groups excluding carboxylic acids is 5. The molecule has 1 saturated heterocycles. The first-order chi connectivity index (χ1) is 25.5. The van der Waals surface area contributed by atoms with Crippen LogP contribution in [-0.2, 0) is 60.6 Å². The summed E-state index contributed by atoms with van der Waals surface area (Å²) in [6.07, 6.45) is -6.41. The van der Waals surface area contributed by atoms with E-state index in [2.05, 4.69) is 29.6 Å². The first kappa shape index (κ1) is 38.8. The van der Waals surface area contributed by atoms with E-state index in [0.29, 0.717) is 31.4 Å². The van der Waals surface area contributed by atoms with Crippen molar-refractivity contribution >= 4 is 30.0 Å². The molecule has 14 nitrogen and oxygen atoms in total. The molecule has 0 spiro atoms. The van der Waals surface area contributed by atoms with Gasteiger partial charge >= 0.3 is 30.0 Å². The van der Waals surface area contributed by atoms with Gasteiger partial charge in [-0.3, -0.25) is 14.4 Å². The molecule has 3 aromatic carbocycles. The molecule has 2 aliphatic rings. The smallest absolute Gasteiger partial charge is 0.407 e. The number of methoxy groups -OCH3 is 1. The van der Waals surface area contributed by atoms with Crippen LogP contribution in [0, 0.1) is 0 Å². The predicted octanol–water partition coefficient (Wildman–Crippen LogP) is 4.11. The van der Waals surface area contributed by atoms with Gasteiger partial charge in [-0.15, -0.1) is 0 Å². The molecule has 0 radical (unpaired) electrons. The van der Waals surface area contributed by atoms with Gasteiger partial charge in [-0.2, -0.15) is 0 Å². The Bertz CT molecular complexity index is 1760. The van der Waals surface area contributed by atoms with Gasteiger partial charge in [-0.25, -0.2) is 9.59 Å². The second-order valence-electron chi connectivity index (χ2n) is 12.6. The summed E-state index contributed by atoms with van der Waals surface area (Å²) in [5.41, 5.74) is 5.90. The highest BCUT2D eigenvalue weighted by molar-refractivity contribution is 5.79. The van der Waals surface area contributed by atoms with Crippen molar-refractivity contribution in [3.8, 4) is 16.9 Å². The molecule has 0 aromatic heterocycles. The van der Waals surface area contributed by atoms with E-state index < -0.39 is 60.7 Å². The zero-order chi connectivity index (χ0) is 38.1. The fourth-order valence-electron chi connectivity index (χ4n) is 6.65. The van der Waals surface area contributed by atoms with Crippen LogP contribution in [0.1, 0.15) is 61.8 Å². The quantitative estimate of drug-likeness (QED) is 0.137. The maximum Gasteiger partial charge on any atom is 0.407 e. The van der Waals surface area contributed by atoms with E-state index >= 15 is 0 Å². The first-order valence-corrected chi connectivity index (χ1v) is 17.2. The van der Waals surface area contributed by atoms with E-state index in [4.69, 9.17) is 33.2 Å². The van der Waals surface area contributed by atoms with Crippen LogP contribution in [0.5, 0.6) is 5.75 Å². The van der Waals surface area contributed by atoms with Crippen molar-refractivity contribution in [2.75, 3.05) is 20.3 Å². The number of carbonyl (C=O) groups is 5. The molecule has 3 aromatic rings. The number of aryl methyl sites for hydroxylation is 1. The Labute approximate surface area is 306 Å². The number of nitrogens with one attached hydrogen (secondary N) is 1. The predicted molar refractivity (Wildman–Crippen MR) is 186 cm³/mol. The minimum Gasteiger partial charge on any atom is -0.467 e. The maximum absolute atomic E-state index is 12.7. The van der Waals surface area contributed by atoms with E-state index in [1.54, 1.807) is 18.2 Å². The summed E-state index contributed by atoms with van der Waals surface area (Å²) in [5, 5.41) is 12.8. The second-order valence-corrected chi connectivity index (χ2v) is 12.6. The van der Waals surface area contributed by atoms with Crippen molar-refractivity contribution in [1.82, 2.24) is 5.32 Å². The number of aliphatic hydroxyl groups is 1. The Morgan fingerprint density at radius 3 is 1.96 bits per heavy atom. The summed E-state index contributed by atoms with van der Waals surface area (Å²) in [6.45, 7) is 3.61. The van der Waals surface area contributed by atoms with Crippen molar-refractivity contribution in [1.29, 1.82) is 0 Å². The second kappa shape index (κ2) is 17.8. The molecule has 1 fully saturated rings. The lowest BCUT2D eigenvalue weighted by Gasteiger charge is -2.43. The summed E-state index contributed by atoms with van der Waals surface area (Å²) < 4.78 is 38.5. The number of alkyl carbamates (subject to hydrolysis) is 1. The average Bonchev–Trinajstić information content (AvgIpc) is 3.45. The number of hydrogen-bond acceptors (Lipinski definition) is 13. The van der Waals surface area contributed by atoms with Gasteiger partial charge in [0.15, 0.2) is 18.3 Å². The molecule has 53 heavy (non-hydrogen) atoms. The molecule has 5 atom stereocenters. The number of rotatable bonds is 14. The molecular formula is C39H43NO13. The minimum atomic E-state index is -1.61. The highest BCUT2D eigenvalue weighted by atomic mass is 16.7. The van der Waals surface area contributed by atoms with Crippen LogP contribution in [0.4, 0.5) is 4.79 Å². The minimum absolute atomic E-state index is 0.0444. The molecule has 0 saturated carbocycles. The Balaban J connectivity index is 1.20. The number of amides is 1. The van der Waals surface area contributed by atoms with Gasteiger partial charge in [0.25, 0.3) is 0 Å². The lowest BCUT2D eigenvalue weighted by Crippen LogP contribution is -2.64. The monoisotopic (exact) mass is 733 g/mol. The fourth-order valence-corrected chi connectivity index (χ4v) is 6.65. The van der Waals surface area contributed by atoms with Gasteiger partial charge in [0.1, 0.15) is 12.4 Å². The third-order valence-corrected chi connectivity index (χ3v) is 8.92. The van der Waals surface area contributed by atoms with Crippen LogP contribution in [0.15, 0.2) is 66.7 Å². The Morgan fingerprint density at radius 1 is 0.755 bits per heavy atom. The average molecular weight is 734 g/mol. The highest BCUT2D eigenvalue weighted by Gasteiger charge is 2.55. The van der Waals surface area contributed by atoms with Crippen LogP contribution < -0.4 is 10.1 Å². The van der Waals surface area contributed by atoms with Crippen LogP contribution in [0.25, 0.3) is 11.1 Å². The van der Waals surface area contributed by atoms with E-state index in [1.165, 1.54) is 0 Å². The number of hydrogen-bond donors (Lipinski definition) is 2. The van der Waals surface area contributed by atoms with E-state index in [9.17, 15) is 29.1 Å². The van der Waals surface area contributed by atoms with Gasteiger partial charge in [-0.05, 0) is 64.8 Å². The topological polar surface area (TPSA) is 182 Å². The van der Waals surface area contributed by atoms with E-state index in [1.807, 2.05) is 24.3 Å². The van der Waals surface area contributed by atoms with E-state index in [0.717, 1.165) is 55.7 Å². The Kier molecular flexibility index (Phi) is 13.0. The zero-order valence-electron chi connectivity index (χ0n) is 29.9. The molecule has 1 aliphatic heterocycles. The normalized spacial score (nSPS) is 20.3. The number of ether oxygens (including phenoxy) is 7. The lowest BCUT2D eigenvalue weighted by molar-refractivity contribution is -0.282. The molecule has 1 aliphatic carbocycles. The van der Waals surface area contributed by atoms with Gasteiger partial charge in [0.05, 0.1) is 13.7 Å². The van der Waals surface area contributed by atoms with Crippen molar-refractivity contribution in [2.45, 2.75) is 83.3 Å². The van der Waals surface area contributed by atoms with Crippen molar-refractivity contribution < 1.29 is 62.2 Å². The van der Waals surface area contributed by atoms with Crippen LogP contribution >= 0.6 is 0 Å².